The number of hydrogen-bond acceptors (Lipinski definition) is 11. The van der Waals surface area contributed by atoms with Crippen LogP contribution in [0.25, 0.3) is 5.69 Å². The maximum atomic E-state index is 13.3. The molecule has 3 aliphatic rings. The summed E-state index contributed by atoms with van der Waals surface area (Å²) in [6, 6.07) is 4.31. The number of anilines is 3. The lowest BCUT2D eigenvalue weighted by molar-refractivity contribution is -0.141. The van der Waals surface area contributed by atoms with Crippen LogP contribution in [0.2, 0.25) is 0 Å². The Balaban J connectivity index is 1.07. The molecule has 2 aliphatic heterocycles. The van der Waals surface area contributed by atoms with Crippen molar-refractivity contribution in [3.05, 3.63) is 42.1 Å². The maximum absolute atomic E-state index is 13.3. The fourth-order valence-electron chi connectivity index (χ4n) is 7.57. The highest BCUT2D eigenvalue weighted by atomic mass is 16.5. The fourth-order valence-corrected chi connectivity index (χ4v) is 7.57. The molecule has 2 fully saturated rings. The highest BCUT2D eigenvalue weighted by molar-refractivity contribution is 5.95. The summed E-state index contributed by atoms with van der Waals surface area (Å²) in [6.07, 6.45) is 11.7. The van der Waals surface area contributed by atoms with Crippen LogP contribution >= 0.6 is 0 Å². The van der Waals surface area contributed by atoms with E-state index in [1.165, 1.54) is 20.0 Å². The largest absolute Gasteiger partial charge is 0.495 e. The molecule has 15 heteroatoms. The van der Waals surface area contributed by atoms with E-state index >= 15 is 0 Å². The molecule has 0 bridgehead atoms. The second-order valence-electron chi connectivity index (χ2n) is 14.9. The number of fused-ring (bicyclic) bond motifs is 3. The second kappa shape index (κ2) is 15.7. The Morgan fingerprint density at radius 3 is 2.62 bits per heavy atom. The van der Waals surface area contributed by atoms with E-state index in [0.717, 1.165) is 49.3 Å². The predicted molar refractivity (Wildman–Crippen MR) is 195 cm³/mol. The molecule has 3 unspecified atom stereocenters. The van der Waals surface area contributed by atoms with Gasteiger partial charge in [0.15, 0.2) is 11.6 Å². The van der Waals surface area contributed by atoms with Crippen LogP contribution in [-0.4, -0.2) is 92.0 Å². The molecule has 0 radical (unpaired) electrons. The van der Waals surface area contributed by atoms with Gasteiger partial charge < -0.3 is 35.3 Å². The lowest BCUT2D eigenvalue weighted by Crippen LogP contribution is -2.55. The zero-order valence-corrected chi connectivity index (χ0v) is 30.7. The van der Waals surface area contributed by atoms with E-state index < -0.39 is 17.5 Å². The number of aromatic nitrogens is 5. The lowest BCUT2D eigenvalue weighted by Gasteiger charge is -2.40. The average molecular weight is 715 g/mol. The van der Waals surface area contributed by atoms with E-state index in [9.17, 15) is 19.2 Å². The Hall–Kier alpha value is -5.08. The van der Waals surface area contributed by atoms with Crippen LogP contribution in [0.4, 0.5) is 17.5 Å². The molecule has 278 valence electrons. The molecule has 52 heavy (non-hydrogen) atoms. The number of nitrogens with zero attached hydrogens (tertiary/aromatic N) is 7. The first-order valence-corrected chi connectivity index (χ1v) is 18.4. The summed E-state index contributed by atoms with van der Waals surface area (Å²) in [5.41, 5.74) is 1.30. The quantitative estimate of drug-likeness (QED) is 0.170. The minimum absolute atomic E-state index is 0.0595. The molecule has 3 aromatic rings. The number of hydrogen-bond donors (Lipinski definition) is 3. The topological polar surface area (TPSA) is 177 Å². The molecule has 3 N–H and O–H groups in total. The van der Waals surface area contributed by atoms with Crippen LogP contribution in [0.3, 0.4) is 0 Å². The molecule has 1 saturated carbocycles. The summed E-state index contributed by atoms with van der Waals surface area (Å²) in [4.78, 5) is 64.3. The fraction of sp³-hybridized carbons (Fsp3) is 0.568. The normalized spacial score (nSPS) is 19.1. The van der Waals surface area contributed by atoms with Crippen molar-refractivity contribution in [2.45, 2.75) is 110 Å². The number of ether oxygens (including phenoxy) is 1. The molecule has 3 atom stereocenters. The van der Waals surface area contributed by atoms with Gasteiger partial charge in [-0.05, 0) is 62.1 Å². The van der Waals surface area contributed by atoms with Gasteiger partial charge in [0.05, 0.1) is 31.1 Å². The van der Waals surface area contributed by atoms with Gasteiger partial charge in [-0.25, -0.2) is 4.98 Å². The van der Waals surface area contributed by atoms with Crippen molar-refractivity contribution in [2.24, 2.45) is 5.41 Å². The summed E-state index contributed by atoms with van der Waals surface area (Å²) in [6.45, 7) is 8.58. The van der Waals surface area contributed by atoms with Crippen LogP contribution in [0, 0.1) is 5.41 Å². The van der Waals surface area contributed by atoms with Gasteiger partial charge in [0.2, 0.25) is 17.8 Å². The number of methoxy groups -OCH3 is 1. The van der Waals surface area contributed by atoms with Gasteiger partial charge >= 0.3 is 0 Å². The molecule has 1 aromatic carbocycles. The predicted octanol–water partition coefficient (Wildman–Crippen LogP) is 4.25. The third-order valence-corrected chi connectivity index (χ3v) is 10.3. The van der Waals surface area contributed by atoms with Crippen molar-refractivity contribution in [2.75, 3.05) is 30.4 Å². The van der Waals surface area contributed by atoms with Crippen molar-refractivity contribution < 1.29 is 23.9 Å². The lowest BCUT2D eigenvalue weighted by atomic mass is 9.85. The first-order chi connectivity index (χ1) is 25.0. The van der Waals surface area contributed by atoms with Gasteiger partial charge in [-0.2, -0.15) is 4.98 Å². The van der Waals surface area contributed by atoms with Crippen LogP contribution in [0.15, 0.2) is 30.7 Å². The Morgan fingerprint density at radius 1 is 1.12 bits per heavy atom. The summed E-state index contributed by atoms with van der Waals surface area (Å²) in [5.74, 6) is 1.75. The number of likely N-dealkylation sites (tertiary alicyclic amines) is 1. The van der Waals surface area contributed by atoms with Crippen molar-refractivity contribution in [1.29, 1.82) is 0 Å². The van der Waals surface area contributed by atoms with Gasteiger partial charge in [-0.3, -0.25) is 19.0 Å². The molecule has 3 amide bonds. The van der Waals surface area contributed by atoms with E-state index in [1.54, 1.807) is 35.6 Å². The van der Waals surface area contributed by atoms with Crippen molar-refractivity contribution in [3.63, 3.8) is 0 Å². The molecule has 0 spiro atoms. The Labute approximate surface area is 304 Å². The molecule has 2 aromatic heterocycles. The van der Waals surface area contributed by atoms with E-state index in [-0.39, 0.29) is 36.7 Å². The summed E-state index contributed by atoms with van der Waals surface area (Å²) >= 11 is 0. The number of benzene rings is 1. The highest BCUT2D eigenvalue weighted by Gasteiger charge is 2.40. The van der Waals surface area contributed by atoms with Gasteiger partial charge in [0, 0.05) is 31.1 Å². The van der Waals surface area contributed by atoms with E-state index in [0.29, 0.717) is 48.4 Å². The number of nitrogens with one attached hydrogen (secondary N) is 3. The zero-order chi connectivity index (χ0) is 37.0. The number of amides is 3. The van der Waals surface area contributed by atoms with Gasteiger partial charge in [0.25, 0.3) is 5.91 Å². The Bertz CT molecular complexity index is 1780. The molecular weight excluding hydrogens is 664 g/mol. The molecule has 6 rings (SSSR count). The molecular formula is C37H50N10O5. The van der Waals surface area contributed by atoms with Gasteiger partial charge in [-0.1, -0.05) is 40.5 Å². The minimum Gasteiger partial charge on any atom is -0.495 e. The number of rotatable bonds is 13. The van der Waals surface area contributed by atoms with Crippen molar-refractivity contribution >= 4 is 41.5 Å². The van der Waals surface area contributed by atoms with E-state index in [2.05, 4.69) is 43.0 Å². The zero-order valence-electron chi connectivity index (χ0n) is 30.7. The number of carbonyl (C=O) groups is 4. The third-order valence-electron chi connectivity index (χ3n) is 10.3. The SMILES string of the molecule is CCC1c2nncn2-c2cnc(Nc3ccc(C(=O)NCCCC(=O)NC(C(=O)N4CCCC4C=O)C(C)(C)C)cc3OC)nc2N1C1CCCC1. The molecule has 15 nitrogen and oxygen atoms in total. The van der Waals surface area contributed by atoms with Crippen LogP contribution in [-0.2, 0) is 14.4 Å². The first-order valence-electron chi connectivity index (χ1n) is 18.4. The first kappa shape index (κ1) is 36.7. The van der Waals surface area contributed by atoms with Crippen LogP contribution in [0.1, 0.15) is 108 Å². The van der Waals surface area contributed by atoms with Crippen molar-refractivity contribution in [1.82, 2.24) is 40.3 Å². The smallest absolute Gasteiger partial charge is 0.251 e. The summed E-state index contributed by atoms with van der Waals surface area (Å²) in [5, 5.41) is 17.7. The van der Waals surface area contributed by atoms with Gasteiger partial charge in [-0.15, -0.1) is 10.2 Å². The average Bonchev–Trinajstić information content (AvgIpc) is 3.94. The van der Waals surface area contributed by atoms with Crippen molar-refractivity contribution in [3.8, 4) is 11.4 Å². The van der Waals surface area contributed by atoms with E-state index in [4.69, 9.17) is 9.72 Å². The third kappa shape index (κ3) is 7.58. The monoisotopic (exact) mass is 714 g/mol. The second-order valence-corrected chi connectivity index (χ2v) is 14.9. The summed E-state index contributed by atoms with van der Waals surface area (Å²) in [7, 11) is 1.54. The van der Waals surface area contributed by atoms with Gasteiger partial charge in [0.1, 0.15) is 30.1 Å². The number of carbonyl (C=O) groups excluding carboxylic acids is 4. The highest BCUT2D eigenvalue weighted by Crippen LogP contribution is 2.43. The van der Waals surface area contributed by atoms with E-state index in [1.807, 2.05) is 25.3 Å². The molecule has 4 heterocycles. The van der Waals surface area contributed by atoms with Crippen LogP contribution in [0.5, 0.6) is 5.75 Å². The summed E-state index contributed by atoms with van der Waals surface area (Å²) < 4.78 is 7.63. The standard InChI is InChI=1S/C37H50N10O5/c1-6-27-33-44-40-22-46(33)28-20-39-36(43-32(28)47(27)24-11-7-8-12-24)41-26-16-15-23(19-29(26)52-5)34(50)38-17-9-14-30(49)42-31(37(2,3)4)35(51)45-18-10-13-25(45)21-48/h15-16,19-22,24-25,27,31H,6-14,17-18H2,1-5H3,(H,38,50)(H,42,49)(H,39,41,43). The minimum atomic E-state index is -0.761. The number of aldehydes is 1. The Morgan fingerprint density at radius 2 is 1.90 bits per heavy atom. The molecule has 1 saturated heterocycles. The maximum Gasteiger partial charge on any atom is 0.251 e. The Kier molecular flexibility index (Phi) is 11.1. The van der Waals surface area contributed by atoms with Crippen LogP contribution < -0.4 is 25.6 Å². The molecule has 1 aliphatic carbocycles.